The lowest BCUT2D eigenvalue weighted by atomic mass is 10.1. The number of aryl methyl sites for hydroxylation is 2. The van der Waals surface area contributed by atoms with Crippen LogP contribution >= 0.6 is 23.1 Å². The van der Waals surface area contributed by atoms with Crippen LogP contribution < -0.4 is 4.90 Å². The van der Waals surface area contributed by atoms with Gasteiger partial charge in [0, 0.05) is 6.92 Å². The predicted octanol–water partition coefficient (Wildman–Crippen LogP) is 4.73. The van der Waals surface area contributed by atoms with Crippen LogP contribution in [0, 0.1) is 13.8 Å². The average Bonchev–Trinajstić information content (AvgIpc) is 3.02. The standard InChI is InChI=1S/C20H20N2O2S2/c1-13-9-14(2)19-17(10-13)21-20(26-19)22(18(24)12-25-15(3)23)11-16-7-5-4-6-8-16/h4-10H,11-12H2,1-3H3. The summed E-state index contributed by atoms with van der Waals surface area (Å²) < 4.78 is 1.09. The van der Waals surface area contributed by atoms with Gasteiger partial charge in [-0.05, 0) is 36.6 Å². The van der Waals surface area contributed by atoms with Gasteiger partial charge in [-0.25, -0.2) is 4.98 Å². The molecule has 3 aromatic rings. The van der Waals surface area contributed by atoms with Crippen LogP contribution in [-0.2, 0) is 16.1 Å². The number of fused-ring (bicyclic) bond motifs is 1. The Kier molecular flexibility index (Phi) is 5.74. The van der Waals surface area contributed by atoms with Crippen molar-refractivity contribution in [2.45, 2.75) is 27.3 Å². The summed E-state index contributed by atoms with van der Waals surface area (Å²) in [6, 6.07) is 14.0. The van der Waals surface area contributed by atoms with Gasteiger partial charge in [0.15, 0.2) is 10.2 Å². The molecule has 0 radical (unpaired) electrons. The van der Waals surface area contributed by atoms with E-state index in [1.165, 1.54) is 18.3 Å². The molecule has 0 saturated carbocycles. The summed E-state index contributed by atoms with van der Waals surface area (Å²) in [5.41, 5.74) is 4.25. The molecule has 1 amide bonds. The van der Waals surface area contributed by atoms with Gasteiger partial charge in [0.25, 0.3) is 0 Å². The topological polar surface area (TPSA) is 50.3 Å². The Balaban J connectivity index is 1.97. The maximum absolute atomic E-state index is 12.8. The summed E-state index contributed by atoms with van der Waals surface area (Å²) in [5, 5.41) is 0.612. The summed E-state index contributed by atoms with van der Waals surface area (Å²) in [6.45, 7) is 6.02. The van der Waals surface area contributed by atoms with Crippen molar-refractivity contribution in [1.29, 1.82) is 0 Å². The number of thioether (sulfide) groups is 1. The molecule has 0 unspecified atom stereocenters. The minimum absolute atomic E-state index is 0.0613. The number of hydrogen-bond donors (Lipinski definition) is 0. The lowest BCUT2D eigenvalue weighted by molar-refractivity contribution is -0.116. The zero-order valence-corrected chi connectivity index (χ0v) is 16.6. The first kappa shape index (κ1) is 18.6. The van der Waals surface area contributed by atoms with E-state index in [-0.39, 0.29) is 16.8 Å². The number of carbonyl (C=O) groups excluding carboxylic acids is 2. The zero-order valence-electron chi connectivity index (χ0n) is 15.0. The van der Waals surface area contributed by atoms with Crippen molar-refractivity contribution >= 4 is 49.5 Å². The van der Waals surface area contributed by atoms with Crippen molar-refractivity contribution in [3.8, 4) is 0 Å². The van der Waals surface area contributed by atoms with Crippen LogP contribution in [0.15, 0.2) is 42.5 Å². The van der Waals surface area contributed by atoms with Crippen LogP contribution in [-0.4, -0.2) is 21.8 Å². The van der Waals surface area contributed by atoms with Gasteiger partial charge in [-0.1, -0.05) is 59.5 Å². The molecule has 26 heavy (non-hydrogen) atoms. The molecule has 3 rings (SSSR count). The molecule has 0 spiro atoms. The largest absolute Gasteiger partial charge is 0.288 e. The molecule has 0 aliphatic heterocycles. The van der Waals surface area contributed by atoms with Crippen molar-refractivity contribution in [2.24, 2.45) is 0 Å². The van der Waals surface area contributed by atoms with Gasteiger partial charge in [-0.15, -0.1) is 0 Å². The van der Waals surface area contributed by atoms with E-state index < -0.39 is 0 Å². The Morgan fingerprint density at radius 2 is 1.88 bits per heavy atom. The molecule has 1 heterocycles. The molecular weight excluding hydrogens is 364 g/mol. The number of nitrogens with zero attached hydrogens (tertiary/aromatic N) is 2. The maximum Gasteiger partial charge on any atom is 0.239 e. The van der Waals surface area contributed by atoms with E-state index in [0.717, 1.165) is 38.7 Å². The number of anilines is 1. The van der Waals surface area contributed by atoms with Crippen LogP contribution in [0.5, 0.6) is 0 Å². The Labute approximate surface area is 161 Å². The number of benzene rings is 2. The highest BCUT2D eigenvalue weighted by Crippen LogP contribution is 2.33. The minimum Gasteiger partial charge on any atom is -0.288 e. The molecule has 0 saturated heterocycles. The lowest BCUT2D eigenvalue weighted by Crippen LogP contribution is -2.32. The van der Waals surface area contributed by atoms with Crippen LogP contribution in [0.4, 0.5) is 5.13 Å². The van der Waals surface area contributed by atoms with Crippen LogP contribution in [0.3, 0.4) is 0 Å². The van der Waals surface area contributed by atoms with E-state index in [4.69, 9.17) is 4.98 Å². The molecule has 0 N–H and O–H groups in total. The van der Waals surface area contributed by atoms with Crippen molar-refractivity contribution in [2.75, 3.05) is 10.7 Å². The molecule has 4 nitrogen and oxygen atoms in total. The van der Waals surface area contributed by atoms with Gasteiger partial charge in [0.2, 0.25) is 5.91 Å². The number of amides is 1. The second kappa shape index (κ2) is 8.01. The zero-order chi connectivity index (χ0) is 18.7. The fraction of sp³-hybridized carbons (Fsp3) is 0.250. The fourth-order valence-corrected chi connectivity index (χ4v) is 4.26. The Morgan fingerprint density at radius 1 is 1.15 bits per heavy atom. The number of thiazole rings is 1. The molecule has 0 bridgehead atoms. The Hall–Kier alpha value is -2.18. The third-order valence-corrected chi connectivity index (χ3v) is 5.95. The van der Waals surface area contributed by atoms with Crippen molar-refractivity contribution in [3.05, 3.63) is 59.2 Å². The highest BCUT2D eigenvalue weighted by atomic mass is 32.2. The van der Waals surface area contributed by atoms with Gasteiger partial charge >= 0.3 is 0 Å². The number of carbonyl (C=O) groups is 2. The van der Waals surface area contributed by atoms with Gasteiger partial charge in [-0.2, -0.15) is 0 Å². The van der Waals surface area contributed by atoms with Gasteiger partial charge in [0.1, 0.15) is 0 Å². The van der Waals surface area contributed by atoms with Gasteiger partial charge < -0.3 is 0 Å². The molecule has 134 valence electrons. The van der Waals surface area contributed by atoms with Crippen molar-refractivity contribution < 1.29 is 9.59 Å². The van der Waals surface area contributed by atoms with E-state index in [9.17, 15) is 9.59 Å². The van der Waals surface area contributed by atoms with Crippen LogP contribution in [0.2, 0.25) is 0 Å². The Bertz CT molecular complexity index is 951. The molecule has 2 aromatic carbocycles. The van der Waals surface area contributed by atoms with E-state index in [1.54, 1.807) is 4.90 Å². The van der Waals surface area contributed by atoms with E-state index >= 15 is 0 Å². The minimum atomic E-state index is -0.109. The SMILES string of the molecule is CC(=O)SCC(=O)N(Cc1ccccc1)c1nc2cc(C)cc(C)c2s1. The molecule has 0 aliphatic carbocycles. The number of hydrogen-bond acceptors (Lipinski definition) is 5. The summed E-state index contributed by atoms with van der Waals surface area (Å²) in [7, 11) is 0. The molecular formula is C20H20N2O2S2. The van der Waals surface area contributed by atoms with Gasteiger partial charge in [0.05, 0.1) is 22.5 Å². The first-order chi connectivity index (χ1) is 12.4. The van der Waals surface area contributed by atoms with Crippen LogP contribution in [0.25, 0.3) is 10.2 Å². The fourth-order valence-electron chi connectivity index (χ4n) is 2.75. The quantitative estimate of drug-likeness (QED) is 0.638. The first-order valence-electron chi connectivity index (χ1n) is 8.29. The molecule has 6 heteroatoms. The third kappa shape index (κ3) is 4.31. The highest BCUT2D eigenvalue weighted by Gasteiger charge is 2.21. The second-order valence-corrected chi connectivity index (χ2v) is 8.30. The Morgan fingerprint density at radius 3 is 2.58 bits per heavy atom. The second-order valence-electron chi connectivity index (χ2n) is 6.17. The average molecular weight is 385 g/mol. The maximum atomic E-state index is 12.8. The van der Waals surface area contributed by atoms with Gasteiger partial charge in [-0.3, -0.25) is 14.5 Å². The van der Waals surface area contributed by atoms with E-state index in [2.05, 4.69) is 13.0 Å². The normalized spacial score (nSPS) is 10.9. The van der Waals surface area contributed by atoms with E-state index in [0.29, 0.717) is 11.7 Å². The lowest BCUT2D eigenvalue weighted by Gasteiger charge is -2.19. The molecule has 0 aliphatic rings. The summed E-state index contributed by atoms with van der Waals surface area (Å²) in [5.74, 6) is 0.0123. The van der Waals surface area contributed by atoms with Crippen molar-refractivity contribution in [3.63, 3.8) is 0 Å². The molecule has 1 aromatic heterocycles. The molecule has 0 fully saturated rings. The van der Waals surface area contributed by atoms with E-state index in [1.807, 2.05) is 43.3 Å². The summed E-state index contributed by atoms with van der Waals surface area (Å²) in [4.78, 5) is 30.5. The van der Waals surface area contributed by atoms with Crippen LogP contribution in [0.1, 0.15) is 23.6 Å². The first-order valence-corrected chi connectivity index (χ1v) is 10.1. The predicted molar refractivity (Wildman–Crippen MR) is 110 cm³/mol. The monoisotopic (exact) mass is 384 g/mol. The third-order valence-electron chi connectivity index (χ3n) is 3.92. The van der Waals surface area contributed by atoms with Crippen molar-refractivity contribution in [1.82, 2.24) is 4.98 Å². The molecule has 0 atom stereocenters. The smallest absolute Gasteiger partial charge is 0.239 e. The number of rotatable bonds is 5. The highest BCUT2D eigenvalue weighted by molar-refractivity contribution is 8.14. The number of aromatic nitrogens is 1. The summed E-state index contributed by atoms with van der Waals surface area (Å²) >= 11 is 2.55. The summed E-state index contributed by atoms with van der Waals surface area (Å²) in [6.07, 6.45) is 0.